The van der Waals surface area contributed by atoms with Crippen LogP contribution in [0.3, 0.4) is 0 Å². The van der Waals surface area contributed by atoms with E-state index in [-0.39, 0.29) is 17.9 Å². The van der Waals surface area contributed by atoms with Crippen LogP contribution in [0.1, 0.15) is 24.1 Å². The van der Waals surface area contributed by atoms with Crippen LogP contribution in [0.25, 0.3) is 44.7 Å². The molecule has 0 saturated carbocycles. The number of ether oxygens (including phenoxy) is 2. The summed E-state index contributed by atoms with van der Waals surface area (Å²) in [6, 6.07) is 14.0. The second-order valence-electron chi connectivity index (χ2n) is 20.1. The average molecular weight is 1070 g/mol. The first-order valence-electron chi connectivity index (χ1n) is 25.9. The molecule has 2 amide bonds. The molecule has 408 valence electrons. The van der Waals surface area contributed by atoms with Gasteiger partial charge in [-0.05, 0) is 89.0 Å². The number of aromatic nitrogens is 10. The van der Waals surface area contributed by atoms with Crippen molar-refractivity contribution in [3.63, 3.8) is 0 Å². The zero-order valence-electron chi connectivity index (χ0n) is 46.1. The quantitative estimate of drug-likeness (QED) is 0.0535. The SMILES string of the molecule is C=CC(=O)Nc1cc(Nc2cn3c(-c4cnn(C)c4)cnc3c(CN(C)C3CCN(c4cc(OC)c(Nc5ncc6c(C)cc(-c7cnc8c(ccn8C)c7)n6n5)cc4NC(=O)C=C)CC3)n2)c(OC)cc1N(C)CCN(C)C. The van der Waals surface area contributed by atoms with Crippen molar-refractivity contribution in [2.75, 3.05) is 99.7 Å². The number of nitrogens with zero attached hydrogens (tertiary/aromatic N) is 14. The number of hydrogen-bond acceptors (Lipinski definition) is 16. The van der Waals surface area contributed by atoms with Gasteiger partial charge in [-0.25, -0.2) is 24.5 Å². The van der Waals surface area contributed by atoms with Gasteiger partial charge in [0.1, 0.15) is 28.7 Å². The highest BCUT2D eigenvalue weighted by molar-refractivity contribution is 6.03. The lowest BCUT2D eigenvalue weighted by atomic mass is 10.0. The van der Waals surface area contributed by atoms with Crippen LogP contribution in [0.4, 0.5) is 45.9 Å². The Hall–Kier alpha value is -9.28. The number of hydrogen-bond donors (Lipinski definition) is 4. The molecule has 0 radical (unpaired) electrons. The molecule has 10 rings (SSSR count). The van der Waals surface area contributed by atoms with Crippen molar-refractivity contribution >= 4 is 79.9 Å². The first kappa shape index (κ1) is 53.1. The summed E-state index contributed by atoms with van der Waals surface area (Å²) in [5.41, 5.74) is 11.7. The first-order chi connectivity index (χ1) is 38.1. The van der Waals surface area contributed by atoms with Gasteiger partial charge in [-0.2, -0.15) is 5.10 Å². The topological polar surface area (TPSA) is 210 Å². The zero-order chi connectivity index (χ0) is 55.6. The van der Waals surface area contributed by atoms with E-state index in [0.717, 1.165) is 81.1 Å². The molecule has 0 aliphatic carbocycles. The molecule has 7 aromatic heterocycles. The molecule has 1 aliphatic heterocycles. The number of pyridine rings is 1. The highest BCUT2D eigenvalue weighted by Gasteiger charge is 2.28. The summed E-state index contributed by atoms with van der Waals surface area (Å²) in [4.78, 5) is 54.2. The molecule has 1 aliphatic rings. The highest BCUT2D eigenvalue weighted by atomic mass is 16.5. The molecule has 22 nitrogen and oxygen atoms in total. The summed E-state index contributed by atoms with van der Waals surface area (Å²) in [7, 11) is 15.2. The summed E-state index contributed by atoms with van der Waals surface area (Å²) >= 11 is 0. The van der Waals surface area contributed by atoms with Gasteiger partial charge in [0.15, 0.2) is 5.65 Å². The number of carbonyl (C=O) groups is 2. The van der Waals surface area contributed by atoms with E-state index in [0.29, 0.717) is 77.8 Å². The van der Waals surface area contributed by atoms with Crippen LogP contribution in [0.5, 0.6) is 11.5 Å². The minimum absolute atomic E-state index is 0.171. The maximum absolute atomic E-state index is 13.0. The van der Waals surface area contributed by atoms with Crippen LogP contribution < -0.4 is 40.5 Å². The van der Waals surface area contributed by atoms with E-state index >= 15 is 0 Å². The number of benzene rings is 2. The number of amides is 2. The second-order valence-corrected chi connectivity index (χ2v) is 20.1. The molecule has 0 atom stereocenters. The summed E-state index contributed by atoms with van der Waals surface area (Å²) in [6.07, 6.45) is 17.3. The van der Waals surface area contributed by atoms with Crippen molar-refractivity contribution in [1.82, 2.24) is 58.1 Å². The largest absolute Gasteiger partial charge is 0.494 e. The predicted octanol–water partition coefficient (Wildman–Crippen LogP) is 7.89. The van der Waals surface area contributed by atoms with Crippen LogP contribution >= 0.6 is 0 Å². The number of anilines is 8. The van der Waals surface area contributed by atoms with Gasteiger partial charge in [0.25, 0.3) is 0 Å². The number of fused-ring (bicyclic) bond motifs is 3. The monoisotopic (exact) mass is 1070 g/mol. The molecule has 0 unspecified atom stereocenters. The fourth-order valence-electron chi connectivity index (χ4n) is 10.1. The number of methoxy groups -OCH3 is 2. The first-order valence-corrected chi connectivity index (χ1v) is 25.9. The van der Waals surface area contributed by atoms with Gasteiger partial charge in [0, 0.05) is 107 Å². The number of piperidine rings is 1. The summed E-state index contributed by atoms with van der Waals surface area (Å²) in [5, 5.41) is 23.4. The van der Waals surface area contributed by atoms with Crippen molar-refractivity contribution in [3.8, 4) is 34.0 Å². The lowest BCUT2D eigenvalue weighted by molar-refractivity contribution is -0.112. The average Bonchev–Trinajstić information content (AvgIpc) is 4.45. The maximum Gasteiger partial charge on any atom is 0.247 e. The third kappa shape index (κ3) is 11.0. The number of rotatable bonds is 20. The predicted molar refractivity (Wildman–Crippen MR) is 311 cm³/mol. The molecule has 9 aromatic rings. The van der Waals surface area contributed by atoms with Gasteiger partial charge >= 0.3 is 0 Å². The van der Waals surface area contributed by atoms with Crippen LogP contribution in [0, 0.1) is 6.92 Å². The van der Waals surface area contributed by atoms with Crippen LogP contribution in [-0.2, 0) is 30.2 Å². The third-order valence-electron chi connectivity index (χ3n) is 14.4. The Labute approximate surface area is 458 Å². The van der Waals surface area contributed by atoms with E-state index in [2.05, 4.69) is 78.3 Å². The van der Waals surface area contributed by atoms with Gasteiger partial charge in [0.2, 0.25) is 17.8 Å². The molecule has 8 heterocycles. The maximum atomic E-state index is 13.0. The Balaban J connectivity index is 0.906. The minimum Gasteiger partial charge on any atom is -0.494 e. The van der Waals surface area contributed by atoms with Crippen molar-refractivity contribution in [2.24, 2.45) is 14.1 Å². The second kappa shape index (κ2) is 22.4. The molecule has 4 N–H and O–H groups in total. The molecular formula is C57H66N18O4. The Morgan fingerprint density at radius 2 is 1.48 bits per heavy atom. The van der Waals surface area contributed by atoms with E-state index in [1.54, 1.807) is 25.1 Å². The Bertz CT molecular complexity index is 3770. The van der Waals surface area contributed by atoms with E-state index < -0.39 is 0 Å². The number of aryl methyl sites for hydroxylation is 3. The number of likely N-dealkylation sites (N-methyl/N-ethyl adjacent to an activating group) is 2. The molecule has 2 aromatic carbocycles. The lowest BCUT2D eigenvalue weighted by Crippen LogP contribution is -2.43. The number of carbonyl (C=O) groups excluding carboxylic acids is 2. The number of imidazole rings is 1. The Morgan fingerprint density at radius 3 is 2.19 bits per heavy atom. The standard InChI is InChI=1S/C57H66N18O4/c1-12-53(76)64-40-24-42(50(78-10)26-46(40)69(6)21-20-68(4)5)62-52-34-74-49(38-29-61-72(9)32-38)31-59-56(74)44(63-52)33-71(8)39-15-18-73(19-16-39)47-27-51(79-11)43(25-41(47)65-54(77)13-2)66-57-60-30-48-35(3)22-45(75(48)67-57)37-23-36-14-17-70(7)55(36)58-28-37/h12-14,17,22-32,34,39,62H,1-2,15-16,18-21,33H2,3-11H3,(H,64,76)(H,65,77)(H,66,67). The van der Waals surface area contributed by atoms with E-state index in [1.807, 2.05) is 123 Å². The lowest BCUT2D eigenvalue weighted by Gasteiger charge is -2.38. The van der Waals surface area contributed by atoms with E-state index in [1.165, 1.54) is 12.2 Å². The van der Waals surface area contributed by atoms with Crippen LogP contribution in [-0.4, -0.2) is 145 Å². The molecule has 22 heteroatoms. The molecule has 0 spiro atoms. The van der Waals surface area contributed by atoms with E-state index in [4.69, 9.17) is 34.5 Å². The molecular weight excluding hydrogens is 1000 g/mol. The van der Waals surface area contributed by atoms with Crippen molar-refractivity contribution in [3.05, 3.63) is 122 Å². The summed E-state index contributed by atoms with van der Waals surface area (Å²) < 4.78 is 19.6. The smallest absolute Gasteiger partial charge is 0.247 e. The zero-order valence-corrected chi connectivity index (χ0v) is 46.1. The molecule has 0 bridgehead atoms. The Morgan fingerprint density at radius 1 is 0.772 bits per heavy atom. The molecule has 1 fully saturated rings. The fourth-order valence-corrected chi connectivity index (χ4v) is 10.1. The van der Waals surface area contributed by atoms with Gasteiger partial charge in [0.05, 0.1) is 90.0 Å². The van der Waals surface area contributed by atoms with E-state index in [9.17, 15) is 9.59 Å². The van der Waals surface area contributed by atoms with Crippen molar-refractivity contribution in [1.29, 1.82) is 0 Å². The van der Waals surface area contributed by atoms with Crippen LogP contribution in [0.2, 0.25) is 0 Å². The van der Waals surface area contributed by atoms with Crippen molar-refractivity contribution < 1.29 is 19.1 Å². The normalized spacial score (nSPS) is 12.9. The van der Waals surface area contributed by atoms with Crippen LogP contribution in [0.15, 0.2) is 111 Å². The number of nitrogens with one attached hydrogen (secondary N) is 4. The summed E-state index contributed by atoms with van der Waals surface area (Å²) in [6.45, 7) is 12.8. The fraction of sp³-hybridized carbons (Fsp3) is 0.298. The minimum atomic E-state index is -0.346. The molecule has 1 saturated heterocycles. The molecule has 79 heavy (non-hydrogen) atoms. The van der Waals surface area contributed by atoms with Gasteiger partial charge in [-0.3, -0.25) is 23.6 Å². The van der Waals surface area contributed by atoms with Gasteiger partial charge in [-0.1, -0.05) is 13.2 Å². The third-order valence-corrected chi connectivity index (χ3v) is 14.4. The van der Waals surface area contributed by atoms with Gasteiger partial charge < -0.3 is 50.0 Å². The Kier molecular flexibility index (Phi) is 15.0. The summed E-state index contributed by atoms with van der Waals surface area (Å²) in [5.74, 6) is 1.30. The van der Waals surface area contributed by atoms with Gasteiger partial charge in [-0.15, -0.1) is 5.10 Å². The van der Waals surface area contributed by atoms with Crippen molar-refractivity contribution in [2.45, 2.75) is 32.4 Å². The highest BCUT2D eigenvalue weighted by Crippen LogP contribution is 2.41.